The molecule has 13 nitrogen and oxygen atoms in total. The van der Waals surface area contributed by atoms with Crippen LogP contribution in [0.2, 0.25) is 0 Å². The van der Waals surface area contributed by atoms with Gasteiger partial charge in [-0.1, -0.05) is 42.5 Å². The Hall–Kier alpha value is -4.12. The number of anilines is 1. The van der Waals surface area contributed by atoms with Crippen molar-refractivity contribution in [3.05, 3.63) is 83.9 Å². The largest absolute Gasteiger partial charge is 0.494 e. The Labute approximate surface area is 277 Å². The van der Waals surface area contributed by atoms with Gasteiger partial charge in [0.2, 0.25) is 11.7 Å². The second-order valence-electron chi connectivity index (χ2n) is 12.5. The first-order chi connectivity index (χ1) is 23.2. The Morgan fingerprint density at radius 3 is 2.54 bits per heavy atom. The zero-order valence-electron chi connectivity index (χ0n) is 26.5. The number of rotatable bonds is 8. The minimum absolute atomic E-state index is 0.0652. The molecule has 0 spiro atoms. The van der Waals surface area contributed by atoms with Gasteiger partial charge in [0.15, 0.2) is 5.88 Å². The van der Waals surface area contributed by atoms with E-state index in [0.717, 1.165) is 31.7 Å². The van der Waals surface area contributed by atoms with Crippen molar-refractivity contribution in [2.75, 3.05) is 58.3 Å². The van der Waals surface area contributed by atoms with Crippen LogP contribution in [0.25, 0.3) is 10.9 Å². The predicted octanol–water partition coefficient (Wildman–Crippen LogP) is 0.780. The predicted molar refractivity (Wildman–Crippen MR) is 180 cm³/mol. The van der Waals surface area contributed by atoms with Crippen LogP contribution in [0.4, 0.5) is 11.4 Å². The molecule has 48 heavy (non-hydrogen) atoms. The fourth-order valence-electron chi connectivity index (χ4n) is 6.42. The molecule has 1 aromatic heterocycles. The van der Waals surface area contributed by atoms with E-state index in [4.69, 9.17) is 19.0 Å². The summed E-state index contributed by atoms with van der Waals surface area (Å²) in [6.07, 6.45) is -3.06. The van der Waals surface area contributed by atoms with Gasteiger partial charge in [0, 0.05) is 48.3 Å². The number of ether oxygens (including phenoxy) is 1. The summed E-state index contributed by atoms with van der Waals surface area (Å²) in [6, 6.07) is 22.1. The van der Waals surface area contributed by atoms with Crippen molar-refractivity contribution in [3.8, 4) is 5.88 Å². The first-order valence-electron chi connectivity index (χ1n) is 16.0. The molecule has 3 saturated heterocycles. The summed E-state index contributed by atoms with van der Waals surface area (Å²) >= 11 is 0. The van der Waals surface area contributed by atoms with E-state index < -0.39 is 37.8 Å². The Kier molecular flexibility index (Phi) is 9.07. The van der Waals surface area contributed by atoms with Crippen LogP contribution >= 0.6 is 0 Å². The molecule has 0 unspecified atom stereocenters. The molecule has 3 aliphatic rings. The average Bonchev–Trinajstić information content (AvgIpc) is 3.70. The van der Waals surface area contributed by atoms with Crippen LogP contribution in [0.3, 0.4) is 0 Å². The van der Waals surface area contributed by atoms with Gasteiger partial charge in [-0.2, -0.15) is 0 Å². The maximum atomic E-state index is 12.7. The van der Waals surface area contributed by atoms with E-state index in [9.17, 15) is 25.2 Å². The maximum Gasteiger partial charge on any atom is 0.494 e. The van der Waals surface area contributed by atoms with Crippen molar-refractivity contribution < 1.29 is 39.3 Å². The highest BCUT2D eigenvalue weighted by atomic mass is 16.7. The van der Waals surface area contributed by atoms with E-state index in [1.165, 1.54) is 0 Å². The van der Waals surface area contributed by atoms with Crippen LogP contribution in [0.15, 0.2) is 77.8 Å². The van der Waals surface area contributed by atoms with Gasteiger partial charge in [0.05, 0.1) is 36.7 Å². The molecule has 0 aliphatic carbocycles. The highest BCUT2D eigenvalue weighted by Crippen LogP contribution is 2.35. The third-order valence-corrected chi connectivity index (χ3v) is 9.12. The lowest BCUT2D eigenvalue weighted by atomic mass is 9.79. The first kappa shape index (κ1) is 32.4. The lowest BCUT2D eigenvalue weighted by Gasteiger charge is -2.40. The second-order valence-corrected chi connectivity index (χ2v) is 12.5. The fraction of sp³-hybridized carbons (Fsp3) is 0.353. The molecule has 250 valence electrons. The van der Waals surface area contributed by atoms with Gasteiger partial charge in [0.25, 0.3) is 0 Å². The van der Waals surface area contributed by atoms with Gasteiger partial charge in [-0.25, -0.2) is 4.99 Å². The number of likely N-dealkylation sites (N-methyl/N-ethyl adjacent to an activating group) is 1. The summed E-state index contributed by atoms with van der Waals surface area (Å²) in [7, 11) is 1.12. The monoisotopic (exact) mass is 655 g/mol. The Balaban J connectivity index is 1.14. The minimum Gasteiger partial charge on any atom is -0.494 e. The smallest absolute Gasteiger partial charge is 0.494 e. The number of aromatic hydroxyl groups is 1. The SMILES string of the molecule is CN1CCN(CC(=O)Nc2ccc(N=C(c3ccccc3)c3c(O)[nH]c4cc(B5O[C@@H]6[C@H](O)CO[C@](O)(CO)[C@H]6O5)ccc34)cc2)CC1. The summed E-state index contributed by atoms with van der Waals surface area (Å²) in [5, 5.41) is 45.7. The molecule has 0 radical (unpaired) electrons. The van der Waals surface area contributed by atoms with E-state index >= 15 is 0 Å². The highest BCUT2D eigenvalue weighted by molar-refractivity contribution is 6.62. The number of fused-ring (bicyclic) bond motifs is 2. The van der Waals surface area contributed by atoms with E-state index in [1.54, 1.807) is 12.1 Å². The highest BCUT2D eigenvalue weighted by Gasteiger charge is 2.57. The Morgan fingerprint density at radius 2 is 1.81 bits per heavy atom. The van der Waals surface area contributed by atoms with Crippen molar-refractivity contribution in [1.29, 1.82) is 0 Å². The lowest BCUT2D eigenvalue weighted by Crippen LogP contribution is -2.61. The number of nitrogens with zero attached hydrogens (tertiary/aromatic N) is 3. The van der Waals surface area contributed by atoms with Crippen molar-refractivity contribution in [2.24, 2.45) is 4.99 Å². The van der Waals surface area contributed by atoms with Gasteiger partial charge >= 0.3 is 7.12 Å². The number of hydrogen-bond donors (Lipinski definition) is 6. The third kappa shape index (κ3) is 6.49. The molecule has 14 heteroatoms. The number of carbonyl (C=O) groups excluding carboxylic acids is 1. The molecule has 3 aromatic carbocycles. The van der Waals surface area contributed by atoms with Crippen molar-refractivity contribution in [3.63, 3.8) is 0 Å². The van der Waals surface area contributed by atoms with E-state index in [2.05, 4.69) is 27.1 Å². The number of H-pyrrole nitrogens is 1. The van der Waals surface area contributed by atoms with Gasteiger partial charge in [-0.3, -0.25) is 9.69 Å². The number of aliphatic hydroxyl groups is 3. The van der Waals surface area contributed by atoms with Crippen LogP contribution in [0, 0.1) is 0 Å². The van der Waals surface area contributed by atoms with E-state index in [-0.39, 0.29) is 18.4 Å². The van der Waals surface area contributed by atoms with Gasteiger partial charge in [-0.05, 0) is 42.8 Å². The standard InChI is InChI=1S/C34H38BN5O8/c1-39-13-15-40(16-14-39)18-28(43)36-23-8-10-24(11-9-23)37-30(21-5-3-2-4-6-21)29-25-12-7-22(17-26(25)38-33(29)44)35-47-31-27(42)19-46-34(45,20-41)32(31)48-35/h2-12,17,27,31-32,38,41-42,44-45H,13-16,18-20H2,1H3,(H,36,43)/t27-,31-,32+,34-/m1/s1. The summed E-state index contributed by atoms with van der Waals surface area (Å²) in [6.45, 7) is 3.02. The molecule has 6 N–H and O–H groups in total. The van der Waals surface area contributed by atoms with Crippen LogP contribution in [-0.4, -0.2) is 131 Å². The number of benzene rings is 3. The van der Waals surface area contributed by atoms with Crippen molar-refractivity contribution in [2.45, 2.75) is 24.1 Å². The molecule has 0 bridgehead atoms. The Bertz CT molecular complexity index is 1800. The number of piperazine rings is 1. The van der Waals surface area contributed by atoms with Gasteiger partial charge in [-0.15, -0.1) is 0 Å². The third-order valence-electron chi connectivity index (χ3n) is 9.12. The summed E-state index contributed by atoms with van der Waals surface area (Å²) in [5.41, 5.74) is 4.26. The summed E-state index contributed by atoms with van der Waals surface area (Å²) < 4.78 is 17.2. The molecule has 4 aromatic rings. The van der Waals surface area contributed by atoms with Crippen molar-refractivity contribution in [1.82, 2.24) is 14.8 Å². The second kappa shape index (κ2) is 13.4. The molecular formula is C34H38BN5O8. The molecular weight excluding hydrogens is 617 g/mol. The molecule has 3 aliphatic heterocycles. The fourth-order valence-corrected chi connectivity index (χ4v) is 6.42. The number of aliphatic imine (C=N–C) groups is 1. The Morgan fingerprint density at radius 1 is 1.06 bits per heavy atom. The maximum absolute atomic E-state index is 12.7. The van der Waals surface area contributed by atoms with Crippen LogP contribution in [0.5, 0.6) is 5.88 Å². The van der Waals surface area contributed by atoms with E-state index in [1.807, 2.05) is 60.7 Å². The number of aromatic amines is 1. The van der Waals surface area contributed by atoms with E-state index in [0.29, 0.717) is 45.6 Å². The first-order valence-corrected chi connectivity index (χ1v) is 16.0. The summed E-state index contributed by atoms with van der Waals surface area (Å²) in [4.78, 5) is 25.1. The topological polar surface area (TPSA) is 172 Å². The van der Waals surface area contributed by atoms with Crippen molar-refractivity contribution >= 4 is 46.5 Å². The van der Waals surface area contributed by atoms with Crippen LogP contribution < -0.4 is 10.8 Å². The zero-order valence-corrected chi connectivity index (χ0v) is 26.5. The lowest BCUT2D eigenvalue weighted by molar-refractivity contribution is -0.309. The number of aliphatic hydroxyl groups excluding tert-OH is 2. The van der Waals surface area contributed by atoms with Gasteiger partial charge in [0.1, 0.15) is 18.3 Å². The molecule has 0 saturated carbocycles. The molecule has 1 amide bonds. The number of hydrogen-bond acceptors (Lipinski definition) is 11. The molecule has 4 heterocycles. The molecule has 7 rings (SSSR count). The molecule has 4 atom stereocenters. The quantitative estimate of drug-likeness (QED) is 0.118. The molecule has 3 fully saturated rings. The van der Waals surface area contributed by atoms with Crippen LogP contribution in [0.1, 0.15) is 11.1 Å². The number of nitrogens with one attached hydrogen (secondary N) is 2. The number of amides is 1. The number of aromatic nitrogens is 1. The zero-order chi connectivity index (χ0) is 33.4. The normalized spacial score (nSPS) is 25.4. The minimum atomic E-state index is -2.00. The number of carbonyl (C=O) groups is 1. The average molecular weight is 656 g/mol. The summed E-state index contributed by atoms with van der Waals surface area (Å²) in [5.74, 6) is -2.15. The van der Waals surface area contributed by atoms with Crippen LogP contribution in [-0.2, 0) is 18.8 Å². The van der Waals surface area contributed by atoms with Gasteiger partial charge < -0.3 is 49.7 Å².